The van der Waals surface area contributed by atoms with Crippen LogP contribution in [0.1, 0.15) is 19.8 Å². The fourth-order valence-electron chi connectivity index (χ4n) is 1.86. The smallest absolute Gasteiger partial charge is 0.305 e. The normalized spacial score (nSPS) is 9.96. The number of carbonyl (C=O) groups excluding carboxylic acids is 2. The molecule has 0 unspecified atom stereocenters. The van der Waals surface area contributed by atoms with Crippen molar-refractivity contribution in [3.63, 3.8) is 0 Å². The van der Waals surface area contributed by atoms with Crippen molar-refractivity contribution in [3.05, 3.63) is 30.3 Å². The molecule has 0 aliphatic rings. The average Bonchev–Trinajstić information content (AvgIpc) is 2.55. The molecule has 0 aliphatic heterocycles. The molecule has 1 aromatic rings. The number of carboxylic acid groups (broad SMARTS) is 1. The van der Waals surface area contributed by atoms with Crippen LogP contribution < -0.4 is 10.1 Å². The highest BCUT2D eigenvalue weighted by atomic mass is 16.5. The molecule has 0 aromatic heterocycles. The van der Waals surface area contributed by atoms with Crippen molar-refractivity contribution in [2.75, 3.05) is 26.2 Å². The molecule has 0 atom stereocenters. The lowest BCUT2D eigenvalue weighted by Crippen LogP contribution is -2.42. The highest BCUT2D eigenvalue weighted by Crippen LogP contribution is 2.07. The van der Waals surface area contributed by atoms with Gasteiger partial charge in [0.25, 0.3) is 5.91 Å². The zero-order chi connectivity index (χ0) is 17.1. The minimum atomic E-state index is -0.959. The van der Waals surface area contributed by atoms with E-state index in [0.29, 0.717) is 12.3 Å². The van der Waals surface area contributed by atoms with Gasteiger partial charge in [-0.2, -0.15) is 0 Å². The van der Waals surface area contributed by atoms with Gasteiger partial charge in [-0.3, -0.25) is 14.4 Å². The summed E-state index contributed by atoms with van der Waals surface area (Å²) in [6.45, 7) is 2.14. The fraction of sp³-hybridized carbons (Fsp3) is 0.438. The van der Waals surface area contributed by atoms with Gasteiger partial charge in [-0.15, -0.1) is 0 Å². The molecule has 23 heavy (non-hydrogen) atoms. The summed E-state index contributed by atoms with van der Waals surface area (Å²) in [6, 6.07) is 8.88. The van der Waals surface area contributed by atoms with Crippen LogP contribution in [0.3, 0.4) is 0 Å². The number of benzene rings is 1. The average molecular weight is 322 g/mol. The third-order valence-corrected chi connectivity index (χ3v) is 2.99. The number of carboxylic acids is 1. The maximum atomic E-state index is 12.0. The molecular formula is C16H22N2O5. The van der Waals surface area contributed by atoms with Gasteiger partial charge in [-0.25, -0.2) is 0 Å². The lowest BCUT2D eigenvalue weighted by molar-refractivity contribution is -0.139. The highest BCUT2D eigenvalue weighted by molar-refractivity contribution is 5.85. The molecule has 1 aromatic carbocycles. The van der Waals surface area contributed by atoms with Gasteiger partial charge in [0, 0.05) is 13.1 Å². The Hall–Kier alpha value is -2.57. The molecule has 0 radical (unpaired) electrons. The number of aliphatic carboxylic acids is 1. The Morgan fingerprint density at radius 3 is 2.48 bits per heavy atom. The summed E-state index contributed by atoms with van der Waals surface area (Å²) >= 11 is 0. The molecule has 126 valence electrons. The van der Waals surface area contributed by atoms with Crippen molar-refractivity contribution in [3.8, 4) is 5.75 Å². The first-order chi connectivity index (χ1) is 11.0. The third kappa shape index (κ3) is 7.85. The first-order valence-electron chi connectivity index (χ1n) is 7.47. The van der Waals surface area contributed by atoms with E-state index < -0.39 is 11.9 Å². The molecular weight excluding hydrogens is 300 g/mol. The van der Waals surface area contributed by atoms with Gasteiger partial charge in [0.15, 0.2) is 6.61 Å². The Bertz CT molecular complexity index is 518. The summed E-state index contributed by atoms with van der Waals surface area (Å²) in [7, 11) is 0. The van der Waals surface area contributed by atoms with Gasteiger partial charge in [-0.1, -0.05) is 25.1 Å². The lowest BCUT2D eigenvalue weighted by atomic mass is 10.3. The van der Waals surface area contributed by atoms with Gasteiger partial charge in [0.1, 0.15) is 5.75 Å². The van der Waals surface area contributed by atoms with Crippen molar-refractivity contribution in [2.45, 2.75) is 19.8 Å². The standard InChI is InChI=1S/C16H22N2O5/c1-2-9-18(10-8-16(21)22)15(20)11-17-14(19)12-23-13-6-4-3-5-7-13/h3-7H,2,8-12H2,1H3,(H,17,19)(H,21,22). The summed E-state index contributed by atoms with van der Waals surface area (Å²) in [4.78, 5) is 35.7. The number of carbonyl (C=O) groups is 3. The topological polar surface area (TPSA) is 95.9 Å². The van der Waals surface area contributed by atoms with Gasteiger partial charge in [0.05, 0.1) is 13.0 Å². The summed E-state index contributed by atoms with van der Waals surface area (Å²) in [6.07, 6.45) is 0.604. The van der Waals surface area contributed by atoms with E-state index in [9.17, 15) is 14.4 Å². The first-order valence-corrected chi connectivity index (χ1v) is 7.47. The van der Waals surface area contributed by atoms with E-state index in [0.717, 1.165) is 6.42 Å². The zero-order valence-electron chi connectivity index (χ0n) is 13.2. The van der Waals surface area contributed by atoms with E-state index in [1.54, 1.807) is 24.3 Å². The highest BCUT2D eigenvalue weighted by Gasteiger charge is 2.15. The van der Waals surface area contributed by atoms with Crippen molar-refractivity contribution in [1.82, 2.24) is 10.2 Å². The number of hydrogen-bond donors (Lipinski definition) is 2. The van der Waals surface area contributed by atoms with Crippen LogP contribution in [0, 0.1) is 0 Å². The molecule has 0 heterocycles. The van der Waals surface area contributed by atoms with E-state index in [-0.39, 0.29) is 32.0 Å². The Kier molecular flexibility index (Phi) is 8.20. The quantitative estimate of drug-likeness (QED) is 0.667. The molecule has 0 bridgehead atoms. The molecule has 7 nitrogen and oxygen atoms in total. The second kappa shape index (κ2) is 10.2. The summed E-state index contributed by atoms with van der Waals surface area (Å²) < 4.78 is 5.27. The van der Waals surface area contributed by atoms with Crippen LogP contribution in [0.4, 0.5) is 0 Å². The first kappa shape index (κ1) is 18.5. The predicted molar refractivity (Wildman–Crippen MR) is 84.1 cm³/mol. The molecule has 0 spiro atoms. The van der Waals surface area contributed by atoms with Gasteiger partial charge in [0.2, 0.25) is 5.91 Å². The monoisotopic (exact) mass is 322 g/mol. The van der Waals surface area contributed by atoms with Crippen LogP contribution in [0.25, 0.3) is 0 Å². The number of nitrogens with zero attached hydrogens (tertiary/aromatic N) is 1. The van der Waals surface area contributed by atoms with E-state index in [1.807, 2.05) is 13.0 Å². The number of rotatable bonds is 10. The SMILES string of the molecule is CCCN(CCC(=O)O)C(=O)CNC(=O)COc1ccccc1. The molecule has 0 saturated heterocycles. The lowest BCUT2D eigenvalue weighted by Gasteiger charge is -2.21. The predicted octanol–water partition coefficient (Wildman–Crippen LogP) is 0.895. The van der Waals surface area contributed by atoms with Crippen LogP contribution in [0.5, 0.6) is 5.75 Å². The molecule has 7 heteroatoms. The van der Waals surface area contributed by atoms with E-state index in [2.05, 4.69) is 5.32 Å². The number of hydrogen-bond acceptors (Lipinski definition) is 4. The minimum absolute atomic E-state index is 0.114. The molecule has 2 amide bonds. The Labute approximate surface area is 135 Å². The zero-order valence-corrected chi connectivity index (χ0v) is 13.2. The molecule has 0 saturated carbocycles. The molecule has 1 rings (SSSR count). The summed E-state index contributed by atoms with van der Waals surface area (Å²) in [5.41, 5.74) is 0. The van der Waals surface area contributed by atoms with Gasteiger partial charge >= 0.3 is 5.97 Å². The van der Waals surface area contributed by atoms with Crippen LogP contribution in [0.2, 0.25) is 0 Å². The Morgan fingerprint density at radius 2 is 1.87 bits per heavy atom. The summed E-state index contributed by atoms with van der Waals surface area (Å²) in [5.74, 6) is -1.10. The van der Waals surface area contributed by atoms with Gasteiger partial charge < -0.3 is 20.1 Å². The summed E-state index contributed by atoms with van der Waals surface area (Å²) in [5, 5.41) is 11.2. The van der Waals surface area contributed by atoms with Crippen molar-refractivity contribution < 1.29 is 24.2 Å². The number of nitrogens with one attached hydrogen (secondary N) is 1. The molecule has 0 fully saturated rings. The number of amides is 2. The Balaban J connectivity index is 2.34. The van der Waals surface area contributed by atoms with Crippen LogP contribution in [0.15, 0.2) is 30.3 Å². The Morgan fingerprint density at radius 1 is 1.17 bits per heavy atom. The van der Waals surface area contributed by atoms with Crippen LogP contribution in [-0.4, -0.2) is 54.0 Å². The van der Waals surface area contributed by atoms with Crippen molar-refractivity contribution in [2.24, 2.45) is 0 Å². The van der Waals surface area contributed by atoms with Crippen LogP contribution in [-0.2, 0) is 14.4 Å². The second-order valence-corrected chi connectivity index (χ2v) is 4.90. The van der Waals surface area contributed by atoms with Gasteiger partial charge in [-0.05, 0) is 18.6 Å². The number of ether oxygens (including phenoxy) is 1. The van der Waals surface area contributed by atoms with Crippen molar-refractivity contribution >= 4 is 17.8 Å². The maximum absolute atomic E-state index is 12.0. The van der Waals surface area contributed by atoms with E-state index >= 15 is 0 Å². The molecule has 2 N–H and O–H groups in total. The second-order valence-electron chi connectivity index (χ2n) is 4.90. The van der Waals surface area contributed by atoms with E-state index in [1.165, 1.54) is 4.90 Å². The maximum Gasteiger partial charge on any atom is 0.305 e. The third-order valence-electron chi connectivity index (χ3n) is 2.99. The largest absolute Gasteiger partial charge is 0.484 e. The molecule has 0 aliphatic carbocycles. The number of para-hydroxylation sites is 1. The fourth-order valence-corrected chi connectivity index (χ4v) is 1.86. The van der Waals surface area contributed by atoms with Crippen LogP contribution >= 0.6 is 0 Å². The van der Waals surface area contributed by atoms with E-state index in [4.69, 9.17) is 9.84 Å². The minimum Gasteiger partial charge on any atom is -0.484 e. The van der Waals surface area contributed by atoms with Crippen molar-refractivity contribution in [1.29, 1.82) is 0 Å².